The lowest BCUT2D eigenvalue weighted by Crippen LogP contribution is -1.94. The first-order valence-corrected chi connectivity index (χ1v) is 5.05. The molecule has 0 fully saturated rings. The molecule has 0 amide bonds. The summed E-state index contributed by atoms with van der Waals surface area (Å²) in [6.07, 6.45) is 3.17. The molecule has 0 unspecified atom stereocenters. The Hall–Kier alpha value is -1.81. The van der Waals surface area contributed by atoms with Gasteiger partial charge >= 0.3 is 0 Å². The molecule has 0 saturated heterocycles. The molecule has 0 aliphatic carbocycles. The van der Waals surface area contributed by atoms with Gasteiger partial charge in [0.15, 0.2) is 0 Å². The van der Waals surface area contributed by atoms with E-state index in [1.165, 1.54) is 0 Å². The second-order valence-corrected chi connectivity index (χ2v) is 3.65. The monoisotopic (exact) mass is 235 g/mol. The van der Waals surface area contributed by atoms with Crippen molar-refractivity contribution in [2.24, 2.45) is 0 Å². The van der Waals surface area contributed by atoms with Gasteiger partial charge in [-0.25, -0.2) is 4.98 Å². The van der Waals surface area contributed by atoms with E-state index in [1.54, 1.807) is 30.6 Å². The minimum atomic E-state index is 0.439. The zero-order valence-electron chi connectivity index (χ0n) is 8.64. The molecule has 0 saturated carbocycles. The number of hydrogen-bond donors (Lipinski definition) is 1. The highest BCUT2D eigenvalue weighted by Crippen LogP contribution is 2.30. The van der Waals surface area contributed by atoms with Gasteiger partial charge in [-0.2, -0.15) is 0 Å². The smallest absolute Gasteiger partial charge is 0.240 e. The van der Waals surface area contributed by atoms with E-state index in [1.807, 2.05) is 6.92 Å². The molecule has 0 bridgehead atoms. The van der Waals surface area contributed by atoms with Crippen LogP contribution < -0.4 is 10.5 Å². The average molecular weight is 236 g/mol. The summed E-state index contributed by atoms with van der Waals surface area (Å²) >= 11 is 5.98. The Morgan fingerprint density at radius 3 is 2.69 bits per heavy atom. The molecule has 2 rings (SSSR count). The van der Waals surface area contributed by atoms with Crippen LogP contribution >= 0.6 is 11.6 Å². The van der Waals surface area contributed by atoms with Crippen LogP contribution in [0.2, 0.25) is 5.02 Å². The Morgan fingerprint density at radius 1 is 1.25 bits per heavy atom. The first-order valence-electron chi connectivity index (χ1n) is 4.67. The SMILES string of the molecule is Cc1nccnc1Oc1ccc(N)cc1Cl. The van der Waals surface area contributed by atoms with Crippen LogP contribution in [0.5, 0.6) is 11.6 Å². The van der Waals surface area contributed by atoms with E-state index in [2.05, 4.69) is 9.97 Å². The number of nitrogen functional groups attached to an aromatic ring is 1. The number of nitrogens with zero attached hydrogens (tertiary/aromatic N) is 2. The molecule has 1 heterocycles. The summed E-state index contributed by atoms with van der Waals surface area (Å²) in [5, 5.41) is 0.449. The fourth-order valence-corrected chi connectivity index (χ4v) is 1.43. The van der Waals surface area contributed by atoms with E-state index in [9.17, 15) is 0 Å². The van der Waals surface area contributed by atoms with Crippen LogP contribution in [0.3, 0.4) is 0 Å². The van der Waals surface area contributed by atoms with Crippen LogP contribution in [-0.4, -0.2) is 9.97 Å². The quantitative estimate of drug-likeness (QED) is 0.813. The predicted octanol–water partition coefficient (Wildman–Crippen LogP) is 2.81. The Labute approximate surface area is 98.0 Å². The number of nitrogens with two attached hydrogens (primary N) is 1. The third-order valence-corrected chi connectivity index (χ3v) is 2.29. The van der Waals surface area contributed by atoms with Gasteiger partial charge in [-0.15, -0.1) is 0 Å². The highest BCUT2D eigenvalue weighted by molar-refractivity contribution is 6.32. The summed E-state index contributed by atoms with van der Waals surface area (Å²) in [6, 6.07) is 5.04. The third kappa shape index (κ3) is 2.23. The molecule has 5 heteroatoms. The normalized spacial score (nSPS) is 10.1. The molecule has 4 nitrogen and oxygen atoms in total. The molecule has 1 aromatic heterocycles. The van der Waals surface area contributed by atoms with E-state index < -0.39 is 0 Å². The summed E-state index contributed by atoms with van der Waals surface area (Å²) in [6.45, 7) is 1.81. The van der Waals surface area contributed by atoms with Crippen molar-refractivity contribution >= 4 is 17.3 Å². The molecule has 0 spiro atoms. The van der Waals surface area contributed by atoms with Crippen molar-refractivity contribution in [3.63, 3.8) is 0 Å². The fourth-order valence-electron chi connectivity index (χ4n) is 1.20. The van der Waals surface area contributed by atoms with E-state index in [4.69, 9.17) is 22.1 Å². The number of halogens is 1. The van der Waals surface area contributed by atoms with Crippen LogP contribution in [0.4, 0.5) is 5.69 Å². The van der Waals surface area contributed by atoms with Gasteiger partial charge in [0.05, 0.1) is 10.7 Å². The van der Waals surface area contributed by atoms with Crippen molar-refractivity contribution in [2.45, 2.75) is 6.92 Å². The Balaban J connectivity index is 2.31. The van der Waals surface area contributed by atoms with E-state index >= 15 is 0 Å². The summed E-state index contributed by atoms with van der Waals surface area (Å²) in [4.78, 5) is 8.13. The summed E-state index contributed by atoms with van der Waals surface area (Å²) in [5.41, 5.74) is 6.88. The van der Waals surface area contributed by atoms with E-state index in [0.717, 1.165) is 0 Å². The van der Waals surface area contributed by atoms with Gasteiger partial charge in [-0.05, 0) is 25.1 Å². The number of aromatic nitrogens is 2. The van der Waals surface area contributed by atoms with E-state index in [0.29, 0.717) is 28.0 Å². The zero-order valence-corrected chi connectivity index (χ0v) is 9.40. The lowest BCUT2D eigenvalue weighted by Gasteiger charge is -2.08. The summed E-state index contributed by atoms with van der Waals surface area (Å²) in [7, 11) is 0. The molecular weight excluding hydrogens is 226 g/mol. The minimum absolute atomic E-state index is 0.439. The minimum Gasteiger partial charge on any atom is -0.436 e. The maximum atomic E-state index is 5.98. The molecule has 0 radical (unpaired) electrons. The molecule has 0 atom stereocenters. The molecule has 0 aliphatic rings. The van der Waals surface area contributed by atoms with Crippen molar-refractivity contribution in [3.05, 3.63) is 41.3 Å². The summed E-state index contributed by atoms with van der Waals surface area (Å²) < 4.78 is 5.53. The second kappa shape index (κ2) is 4.37. The van der Waals surface area contributed by atoms with Gasteiger partial charge < -0.3 is 10.5 Å². The lowest BCUT2D eigenvalue weighted by molar-refractivity contribution is 0.455. The highest BCUT2D eigenvalue weighted by Gasteiger charge is 2.06. The van der Waals surface area contributed by atoms with Gasteiger partial charge in [0.2, 0.25) is 5.88 Å². The van der Waals surface area contributed by atoms with E-state index in [-0.39, 0.29) is 0 Å². The number of ether oxygens (including phenoxy) is 1. The van der Waals surface area contributed by atoms with Gasteiger partial charge in [0.1, 0.15) is 5.75 Å². The van der Waals surface area contributed by atoms with Gasteiger partial charge in [0.25, 0.3) is 0 Å². The van der Waals surface area contributed by atoms with Crippen molar-refractivity contribution in [3.8, 4) is 11.6 Å². The van der Waals surface area contributed by atoms with Crippen molar-refractivity contribution < 1.29 is 4.74 Å². The molecular formula is C11H10ClN3O. The van der Waals surface area contributed by atoms with Crippen molar-refractivity contribution in [1.82, 2.24) is 9.97 Å². The average Bonchev–Trinajstić information content (AvgIpc) is 2.25. The third-order valence-electron chi connectivity index (χ3n) is 2.00. The second-order valence-electron chi connectivity index (χ2n) is 3.24. The summed E-state index contributed by atoms with van der Waals surface area (Å²) in [5.74, 6) is 0.952. The maximum absolute atomic E-state index is 5.98. The molecule has 82 valence electrons. The van der Waals surface area contributed by atoms with Gasteiger partial charge in [0, 0.05) is 18.1 Å². The van der Waals surface area contributed by atoms with Crippen molar-refractivity contribution in [2.75, 3.05) is 5.73 Å². The first-order chi connectivity index (χ1) is 7.66. The maximum Gasteiger partial charge on any atom is 0.240 e. The van der Waals surface area contributed by atoms with Crippen LogP contribution in [-0.2, 0) is 0 Å². The van der Waals surface area contributed by atoms with Crippen LogP contribution in [0.25, 0.3) is 0 Å². The van der Waals surface area contributed by atoms with Gasteiger partial charge in [-0.1, -0.05) is 11.6 Å². The molecule has 2 N–H and O–H groups in total. The van der Waals surface area contributed by atoms with Crippen LogP contribution in [0.15, 0.2) is 30.6 Å². The molecule has 2 aromatic rings. The topological polar surface area (TPSA) is 61.0 Å². The Bertz CT molecular complexity index is 516. The molecule has 16 heavy (non-hydrogen) atoms. The Morgan fingerprint density at radius 2 is 2.00 bits per heavy atom. The molecule has 1 aromatic carbocycles. The number of rotatable bonds is 2. The molecule has 0 aliphatic heterocycles. The highest BCUT2D eigenvalue weighted by atomic mass is 35.5. The standard InChI is InChI=1S/C11H10ClN3O/c1-7-11(15-5-4-14-7)16-10-3-2-8(13)6-9(10)12/h2-6H,13H2,1H3. The van der Waals surface area contributed by atoms with Crippen molar-refractivity contribution in [1.29, 1.82) is 0 Å². The number of hydrogen-bond acceptors (Lipinski definition) is 4. The number of aryl methyl sites for hydroxylation is 1. The number of benzene rings is 1. The predicted molar refractivity (Wildman–Crippen MR) is 62.7 cm³/mol. The van der Waals surface area contributed by atoms with Crippen LogP contribution in [0, 0.1) is 6.92 Å². The van der Waals surface area contributed by atoms with Crippen LogP contribution in [0.1, 0.15) is 5.69 Å². The fraction of sp³-hybridized carbons (Fsp3) is 0.0909. The number of anilines is 1. The Kier molecular flexibility index (Phi) is 2.92. The zero-order chi connectivity index (χ0) is 11.5. The largest absolute Gasteiger partial charge is 0.436 e. The first kappa shape index (κ1) is 10.7. The lowest BCUT2D eigenvalue weighted by atomic mass is 10.3. The van der Waals surface area contributed by atoms with Gasteiger partial charge in [-0.3, -0.25) is 4.98 Å².